The smallest absolute Gasteiger partial charge is 0.301 e. The van der Waals surface area contributed by atoms with Crippen LogP contribution in [0.2, 0.25) is 0 Å². The molecule has 0 N–H and O–H groups in total. The Balaban J connectivity index is 2.08. The number of anilines is 1. The molecule has 1 aromatic heterocycles. The number of hydrogen-bond donors (Lipinski definition) is 0. The molecule has 27 heavy (non-hydrogen) atoms. The first kappa shape index (κ1) is 18.8. The van der Waals surface area contributed by atoms with Crippen LogP contribution < -0.4 is 4.90 Å². The molecule has 1 aliphatic carbocycles. The van der Waals surface area contributed by atoms with E-state index in [-0.39, 0.29) is 0 Å². The summed E-state index contributed by atoms with van der Waals surface area (Å²) in [6.07, 6.45) is 4.15. The van der Waals surface area contributed by atoms with Gasteiger partial charge in [0.05, 0.1) is 16.0 Å². The highest BCUT2D eigenvalue weighted by Crippen LogP contribution is 2.36. The molecule has 0 aliphatic heterocycles. The molecule has 0 radical (unpaired) electrons. The fraction of sp³-hybridized carbons (Fsp3) is 0.300. The van der Waals surface area contributed by atoms with Gasteiger partial charge < -0.3 is 4.90 Å². The van der Waals surface area contributed by atoms with Crippen molar-refractivity contribution >= 4 is 44.8 Å². The molecule has 138 valence electrons. The Bertz CT molecular complexity index is 1010. The molecule has 0 spiro atoms. The van der Waals surface area contributed by atoms with Crippen molar-refractivity contribution in [3.05, 3.63) is 42.2 Å². The zero-order chi connectivity index (χ0) is 19.7. The quantitative estimate of drug-likeness (QED) is 0.729. The number of hydrogen-bond acceptors (Lipinski definition) is 5. The number of carbonyl (C=O) groups excluding carboxylic acids is 2. The maximum Gasteiger partial charge on any atom is 0.335 e. The van der Waals surface area contributed by atoms with E-state index < -0.39 is 11.9 Å². The summed E-state index contributed by atoms with van der Waals surface area (Å²) in [7, 11) is 1.57. The lowest BCUT2D eigenvalue weighted by molar-refractivity contribution is -0.115. The van der Waals surface area contributed by atoms with Crippen LogP contribution in [0.15, 0.2) is 36.6 Å². The van der Waals surface area contributed by atoms with Crippen molar-refractivity contribution in [2.75, 3.05) is 11.9 Å². The second-order valence-corrected chi connectivity index (χ2v) is 7.48. The van der Waals surface area contributed by atoms with Crippen molar-refractivity contribution in [1.82, 2.24) is 9.27 Å². The van der Waals surface area contributed by atoms with Gasteiger partial charge in [-0.2, -0.15) is 9.64 Å². The minimum atomic E-state index is -0.479. The highest BCUT2D eigenvalue weighted by molar-refractivity contribution is 7.13. The van der Waals surface area contributed by atoms with Crippen LogP contribution in [0.5, 0.6) is 0 Å². The Morgan fingerprint density at radius 2 is 2.07 bits per heavy atom. The van der Waals surface area contributed by atoms with Gasteiger partial charge in [-0.1, -0.05) is 12.7 Å². The van der Waals surface area contributed by atoms with Gasteiger partial charge in [-0.15, -0.1) is 0 Å². The van der Waals surface area contributed by atoms with Gasteiger partial charge in [0, 0.05) is 25.1 Å². The second kappa shape index (κ2) is 7.33. The molecule has 0 atom stereocenters. The normalized spacial score (nSPS) is 13.9. The summed E-state index contributed by atoms with van der Waals surface area (Å²) in [5, 5.41) is 10.3. The van der Waals surface area contributed by atoms with Gasteiger partial charge in [-0.05, 0) is 55.4 Å². The van der Waals surface area contributed by atoms with E-state index in [1.807, 2.05) is 12.1 Å². The maximum absolute atomic E-state index is 12.7. The third kappa shape index (κ3) is 3.76. The van der Waals surface area contributed by atoms with Gasteiger partial charge >= 0.3 is 6.03 Å². The third-order valence-corrected chi connectivity index (χ3v) is 5.30. The lowest BCUT2D eigenvalue weighted by Crippen LogP contribution is -2.43. The van der Waals surface area contributed by atoms with Crippen molar-refractivity contribution in [1.29, 1.82) is 5.26 Å². The van der Waals surface area contributed by atoms with Crippen molar-refractivity contribution in [2.45, 2.75) is 26.7 Å². The van der Waals surface area contributed by atoms with E-state index in [1.165, 1.54) is 23.4 Å². The van der Waals surface area contributed by atoms with Crippen LogP contribution in [0.25, 0.3) is 15.7 Å². The summed E-state index contributed by atoms with van der Waals surface area (Å²) < 4.78 is 5.34. The molecule has 1 heterocycles. The standard InChI is InChI=1S/C20H20N4O2S/c1-12(2)23(4)20(26)24(13(3)25)16-7-8-18-17(10-16)19(22-27-18)15(11-21)9-14-5-6-14/h7-10,14H,1,5-6H2,2-4H3/b15-9+. The molecule has 0 saturated heterocycles. The summed E-state index contributed by atoms with van der Waals surface area (Å²) in [4.78, 5) is 27.3. The Hall–Kier alpha value is -2.98. The van der Waals surface area contributed by atoms with Gasteiger partial charge in [-0.25, -0.2) is 9.69 Å². The van der Waals surface area contributed by atoms with Gasteiger partial charge in [-0.3, -0.25) is 4.79 Å². The summed E-state index contributed by atoms with van der Waals surface area (Å²) >= 11 is 1.30. The Kier molecular flexibility index (Phi) is 5.10. The number of urea groups is 1. The number of benzene rings is 1. The van der Waals surface area contributed by atoms with Crippen molar-refractivity contribution in [3.8, 4) is 6.07 Å². The monoisotopic (exact) mass is 380 g/mol. The molecule has 3 amide bonds. The van der Waals surface area contributed by atoms with Crippen LogP contribution in [-0.2, 0) is 4.79 Å². The number of amides is 3. The van der Waals surface area contributed by atoms with Crippen molar-refractivity contribution < 1.29 is 9.59 Å². The number of imide groups is 1. The Morgan fingerprint density at radius 3 is 2.63 bits per heavy atom. The summed E-state index contributed by atoms with van der Waals surface area (Å²) in [6.45, 7) is 6.79. The van der Waals surface area contributed by atoms with Crippen LogP contribution in [0.3, 0.4) is 0 Å². The molecule has 0 bridgehead atoms. The van der Waals surface area contributed by atoms with Crippen molar-refractivity contribution in [2.24, 2.45) is 5.92 Å². The van der Waals surface area contributed by atoms with E-state index in [0.717, 1.165) is 27.8 Å². The van der Waals surface area contributed by atoms with Crippen LogP contribution in [0.4, 0.5) is 10.5 Å². The number of carbonyl (C=O) groups is 2. The first-order valence-electron chi connectivity index (χ1n) is 8.59. The van der Waals surface area contributed by atoms with Gasteiger partial charge in [0.15, 0.2) is 0 Å². The lowest BCUT2D eigenvalue weighted by Gasteiger charge is -2.26. The van der Waals surface area contributed by atoms with Gasteiger partial charge in [0.1, 0.15) is 11.8 Å². The van der Waals surface area contributed by atoms with E-state index in [1.54, 1.807) is 26.1 Å². The number of allylic oxidation sites excluding steroid dienone is 3. The molecule has 0 unspecified atom stereocenters. The SMILES string of the molecule is C=C(C)N(C)C(=O)N(C(C)=O)c1ccc2snc(/C(C#N)=C/C3CC3)c2c1. The predicted octanol–water partition coefficient (Wildman–Crippen LogP) is 4.55. The van der Waals surface area contributed by atoms with E-state index in [4.69, 9.17) is 0 Å². The number of nitrogens with zero attached hydrogens (tertiary/aromatic N) is 4. The average molecular weight is 380 g/mol. The van der Waals surface area contributed by atoms with Crippen LogP contribution in [-0.4, -0.2) is 28.3 Å². The largest absolute Gasteiger partial charge is 0.335 e. The van der Waals surface area contributed by atoms with Crippen LogP contribution >= 0.6 is 11.5 Å². The highest BCUT2D eigenvalue weighted by Gasteiger charge is 2.26. The first-order valence-corrected chi connectivity index (χ1v) is 9.36. The number of rotatable bonds is 4. The highest BCUT2D eigenvalue weighted by atomic mass is 32.1. The maximum atomic E-state index is 12.7. The van der Waals surface area contributed by atoms with Crippen molar-refractivity contribution in [3.63, 3.8) is 0 Å². The molecule has 1 aromatic carbocycles. The number of aromatic nitrogens is 1. The lowest BCUT2D eigenvalue weighted by atomic mass is 10.1. The summed E-state index contributed by atoms with van der Waals surface area (Å²) in [5.74, 6) is 0.0466. The molecule has 3 rings (SSSR count). The zero-order valence-corrected chi connectivity index (χ0v) is 16.3. The molecular formula is C20H20N4O2S. The molecular weight excluding hydrogens is 360 g/mol. The van der Waals surface area contributed by atoms with Gasteiger partial charge in [0.2, 0.25) is 5.91 Å². The predicted molar refractivity (Wildman–Crippen MR) is 107 cm³/mol. The number of nitriles is 1. The van der Waals surface area contributed by atoms with Crippen LogP contribution in [0.1, 0.15) is 32.4 Å². The molecule has 1 aliphatic rings. The average Bonchev–Trinajstić information content (AvgIpc) is 3.36. The van der Waals surface area contributed by atoms with E-state index in [9.17, 15) is 14.9 Å². The zero-order valence-electron chi connectivity index (χ0n) is 15.5. The minimum Gasteiger partial charge on any atom is -0.301 e. The summed E-state index contributed by atoms with van der Waals surface area (Å²) in [6, 6.07) is 7.04. The topological polar surface area (TPSA) is 77.3 Å². The molecule has 1 saturated carbocycles. The second-order valence-electron chi connectivity index (χ2n) is 6.67. The summed E-state index contributed by atoms with van der Waals surface area (Å²) in [5.41, 5.74) is 2.12. The van der Waals surface area contributed by atoms with E-state index in [2.05, 4.69) is 17.0 Å². The molecule has 7 heteroatoms. The molecule has 1 fully saturated rings. The minimum absolute atomic E-state index is 0.397. The first-order chi connectivity index (χ1) is 12.8. The Morgan fingerprint density at radius 1 is 1.37 bits per heavy atom. The molecule has 2 aromatic rings. The van der Waals surface area contributed by atoms with E-state index >= 15 is 0 Å². The number of fused-ring (bicyclic) bond motifs is 1. The van der Waals surface area contributed by atoms with E-state index in [0.29, 0.717) is 28.6 Å². The Labute approximate surface area is 162 Å². The fourth-order valence-electron chi connectivity index (χ4n) is 2.67. The third-order valence-electron chi connectivity index (χ3n) is 4.48. The fourth-order valence-corrected chi connectivity index (χ4v) is 3.44. The van der Waals surface area contributed by atoms with Gasteiger partial charge in [0.25, 0.3) is 0 Å². The van der Waals surface area contributed by atoms with Crippen LogP contribution in [0, 0.1) is 17.2 Å². The molecule has 6 nitrogen and oxygen atoms in total.